The van der Waals surface area contributed by atoms with Gasteiger partial charge in [0.05, 0.1) is 0 Å². The molecule has 0 aromatic rings. The SMILES string of the molecule is FC1(CNC2CSC2)CCC1. The lowest BCUT2D eigenvalue weighted by Gasteiger charge is -2.37. The predicted octanol–water partition coefficient (Wildman–Crippen LogP) is 1.58. The number of nitrogens with one attached hydrogen (secondary N) is 1. The van der Waals surface area contributed by atoms with Crippen molar-refractivity contribution < 1.29 is 4.39 Å². The second-order valence-corrected chi connectivity index (χ2v) is 4.69. The van der Waals surface area contributed by atoms with E-state index in [0.29, 0.717) is 12.6 Å². The lowest BCUT2D eigenvalue weighted by molar-refractivity contribution is 0.0612. The van der Waals surface area contributed by atoms with E-state index >= 15 is 0 Å². The Morgan fingerprint density at radius 2 is 2.18 bits per heavy atom. The zero-order chi connectivity index (χ0) is 7.73. The molecule has 0 radical (unpaired) electrons. The average Bonchev–Trinajstić information content (AvgIpc) is 1.81. The molecule has 0 aromatic carbocycles. The fourth-order valence-electron chi connectivity index (χ4n) is 1.42. The highest BCUT2D eigenvalue weighted by atomic mass is 32.2. The lowest BCUT2D eigenvalue weighted by Crippen LogP contribution is -2.49. The van der Waals surface area contributed by atoms with E-state index in [9.17, 15) is 4.39 Å². The quantitative estimate of drug-likeness (QED) is 0.699. The van der Waals surface area contributed by atoms with Crippen molar-refractivity contribution >= 4 is 11.8 Å². The van der Waals surface area contributed by atoms with E-state index in [-0.39, 0.29) is 0 Å². The third kappa shape index (κ3) is 1.70. The third-order valence-electron chi connectivity index (χ3n) is 2.60. The van der Waals surface area contributed by atoms with Crippen molar-refractivity contribution in [2.45, 2.75) is 31.0 Å². The molecule has 0 unspecified atom stereocenters. The Bertz CT molecular complexity index is 143. The Kier molecular flexibility index (Phi) is 2.10. The molecule has 0 aromatic heterocycles. The molecule has 1 aliphatic carbocycles. The Balaban J connectivity index is 1.64. The third-order valence-corrected chi connectivity index (χ3v) is 3.87. The highest BCUT2D eigenvalue weighted by Gasteiger charge is 2.37. The van der Waals surface area contributed by atoms with Gasteiger partial charge in [0.1, 0.15) is 5.67 Å². The van der Waals surface area contributed by atoms with Crippen LogP contribution in [0.2, 0.25) is 0 Å². The first-order chi connectivity index (χ1) is 5.29. The van der Waals surface area contributed by atoms with Crippen molar-refractivity contribution in [2.75, 3.05) is 18.1 Å². The first-order valence-electron chi connectivity index (χ1n) is 4.29. The van der Waals surface area contributed by atoms with Crippen molar-refractivity contribution in [1.82, 2.24) is 5.32 Å². The van der Waals surface area contributed by atoms with Crippen LogP contribution in [-0.2, 0) is 0 Å². The molecule has 1 saturated carbocycles. The maximum Gasteiger partial charge on any atom is 0.123 e. The van der Waals surface area contributed by atoms with E-state index in [2.05, 4.69) is 5.32 Å². The van der Waals surface area contributed by atoms with Crippen molar-refractivity contribution in [3.8, 4) is 0 Å². The standard InChI is InChI=1S/C8H14FNS/c9-8(2-1-3-8)6-10-7-4-11-5-7/h7,10H,1-6H2. The van der Waals surface area contributed by atoms with Crippen molar-refractivity contribution in [2.24, 2.45) is 0 Å². The van der Waals surface area contributed by atoms with Crippen LogP contribution in [0, 0.1) is 0 Å². The Hall–Kier alpha value is 0.240. The van der Waals surface area contributed by atoms with Gasteiger partial charge in [-0.05, 0) is 19.3 Å². The van der Waals surface area contributed by atoms with Crippen molar-refractivity contribution in [3.63, 3.8) is 0 Å². The van der Waals surface area contributed by atoms with Crippen molar-refractivity contribution in [3.05, 3.63) is 0 Å². The molecule has 0 spiro atoms. The molecule has 0 amide bonds. The zero-order valence-corrected chi connectivity index (χ0v) is 7.42. The largest absolute Gasteiger partial charge is 0.309 e. The van der Waals surface area contributed by atoms with Crippen LogP contribution in [0.4, 0.5) is 4.39 Å². The summed E-state index contributed by atoms with van der Waals surface area (Å²) in [6, 6.07) is 0.605. The van der Waals surface area contributed by atoms with Gasteiger partial charge in [0.15, 0.2) is 0 Å². The number of alkyl halides is 1. The van der Waals surface area contributed by atoms with Gasteiger partial charge in [-0.3, -0.25) is 0 Å². The monoisotopic (exact) mass is 175 g/mol. The molecule has 3 heteroatoms. The summed E-state index contributed by atoms with van der Waals surface area (Å²) in [5, 5.41) is 3.27. The maximum atomic E-state index is 13.4. The molecular weight excluding hydrogens is 161 g/mol. The number of halogens is 1. The molecule has 1 N–H and O–H groups in total. The molecule has 1 saturated heterocycles. The van der Waals surface area contributed by atoms with Gasteiger partial charge in [-0.25, -0.2) is 4.39 Å². The van der Waals surface area contributed by atoms with Gasteiger partial charge in [-0.2, -0.15) is 11.8 Å². The first-order valence-corrected chi connectivity index (χ1v) is 5.44. The molecule has 1 aliphatic heterocycles. The normalized spacial score (nSPS) is 29.2. The smallest absolute Gasteiger partial charge is 0.123 e. The van der Waals surface area contributed by atoms with Gasteiger partial charge in [-0.1, -0.05) is 0 Å². The summed E-state index contributed by atoms with van der Waals surface area (Å²) in [5.74, 6) is 2.35. The van der Waals surface area contributed by atoms with Gasteiger partial charge in [0.25, 0.3) is 0 Å². The van der Waals surface area contributed by atoms with Crippen LogP contribution in [0.25, 0.3) is 0 Å². The molecule has 2 rings (SSSR count). The van der Waals surface area contributed by atoms with E-state index < -0.39 is 5.67 Å². The fourth-order valence-corrected chi connectivity index (χ4v) is 2.13. The van der Waals surface area contributed by atoms with Crippen LogP contribution in [0.3, 0.4) is 0 Å². The molecule has 1 heterocycles. The minimum Gasteiger partial charge on any atom is -0.309 e. The zero-order valence-electron chi connectivity index (χ0n) is 6.61. The Morgan fingerprint density at radius 1 is 1.45 bits per heavy atom. The molecule has 2 aliphatic rings. The van der Waals surface area contributed by atoms with E-state index in [0.717, 1.165) is 19.3 Å². The minimum atomic E-state index is -0.833. The number of hydrogen-bond donors (Lipinski definition) is 1. The van der Waals surface area contributed by atoms with Gasteiger partial charge in [0.2, 0.25) is 0 Å². The highest BCUT2D eigenvalue weighted by Crippen LogP contribution is 2.35. The summed E-state index contributed by atoms with van der Waals surface area (Å²) in [4.78, 5) is 0. The van der Waals surface area contributed by atoms with Crippen LogP contribution in [0.1, 0.15) is 19.3 Å². The van der Waals surface area contributed by atoms with Gasteiger partial charge in [0, 0.05) is 24.1 Å². The predicted molar refractivity (Wildman–Crippen MR) is 46.8 cm³/mol. The molecule has 1 nitrogen and oxygen atoms in total. The molecule has 2 fully saturated rings. The first kappa shape index (κ1) is 7.87. The summed E-state index contributed by atoms with van der Waals surface area (Å²) < 4.78 is 13.4. The average molecular weight is 175 g/mol. The van der Waals surface area contributed by atoms with Gasteiger partial charge in [-0.15, -0.1) is 0 Å². The Labute approximate surface area is 71.1 Å². The lowest BCUT2D eigenvalue weighted by atomic mass is 9.82. The molecule has 0 bridgehead atoms. The van der Waals surface area contributed by atoms with Crippen LogP contribution in [0.15, 0.2) is 0 Å². The Morgan fingerprint density at radius 3 is 2.55 bits per heavy atom. The van der Waals surface area contributed by atoms with Crippen LogP contribution in [0.5, 0.6) is 0 Å². The summed E-state index contributed by atoms with van der Waals surface area (Å²) >= 11 is 1.94. The molecule has 64 valence electrons. The fraction of sp³-hybridized carbons (Fsp3) is 1.00. The summed E-state index contributed by atoms with van der Waals surface area (Å²) in [5.41, 5.74) is -0.833. The maximum absolute atomic E-state index is 13.4. The second-order valence-electron chi connectivity index (χ2n) is 3.62. The highest BCUT2D eigenvalue weighted by molar-refractivity contribution is 8.00. The second kappa shape index (κ2) is 2.94. The summed E-state index contributed by atoms with van der Waals surface area (Å²) in [6.07, 6.45) is 2.64. The minimum absolute atomic E-state index is 0.595. The van der Waals surface area contributed by atoms with E-state index in [1.54, 1.807) is 0 Å². The topological polar surface area (TPSA) is 12.0 Å². The van der Waals surface area contributed by atoms with Gasteiger partial charge >= 0.3 is 0 Å². The summed E-state index contributed by atoms with van der Waals surface area (Å²) in [6.45, 7) is 0.595. The molecular formula is C8H14FNS. The summed E-state index contributed by atoms with van der Waals surface area (Å²) in [7, 11) is 0. The van der Waals surface area contributed by atoms with E-state index in [1.807, 2.05) is 11.8 Å². The molecule has 11 heavy (non-hydrogen) atoms. The number of hydrogen-bond acceptors (Lipinski definition) is 2. The van der Waals surface area contributed by atoms with Crippen LogP contribution >= 0.6 is 11.8 Å². The van der Waals surface area contributed by atoms with Gasteiger partial charge < -0.3 is 5.32 Å². The van der Waals surface area contributed by atoms with E-state index in [1.165, 1.54) is 11.5 Å². The van der Waals surface area contributed by atoms with Crippen LogP contribution in [-0.4, -0.2) is 29.8 Å². The van der Waals surface area contributed by atoms with E-state index in [4.69, 9.17) is 0 Å². The molecule has 0 atom stereocenters. The van der Waals surface area contributed by atoms with Crippen LogP contribution < -0.4 is 5.32 Å². The number of rotatable bonds is 3. The van der Waals surface area contributed by atoms with Crippen molar-refractivity contribution in [1.29, 1.82) is 0 Å². The number of thioether (sulfide) groups is 1.